The molecular weight excluding hydrogens is 1780 g/mol. The third kappa shape index (κ3) is 21.5. The minimum Gasteiger partial charge on any atom is -0.497 e. The number of sulfonamides is 1. The van der Waals surface area contributed by atoms with Gasteiger partial charge in [0.05, 0.1) is 36.8 Å². The van der Waals surface area contributed by atoms with Gasteiger partial charge in [-0.2, -0.15) is 5.26 Å². The normalized spacial score (nSPS) is 18.5. The van der Waals surface area contributed by atoms with Gasteiger partial charge in [0.2, 0.25) is 21.8 Å². The number of methoxy groups -OCH3 is 1. The van der Waals surface area contributed by atoms with Crippen molar-refractivity contribution in [2.75, 3.05) is 79.3 Å². The molecule has 0 unspecified atom stereocenters. The maximum absolute atomic E-state index is 13.9. The molecule has 0 spiro atoms. The fraction of sp³-hybridized carbons (Fsp3) is 0.298. The molecule has 5 amide bonds. The molecular formula is C104H114ClFN18O8S3. The fourth-order valence-corrected chi connectivity index (χ4v) is 21.5. The third-order valence-corrected chi connectivity index (χ3v) is 29.9. The summed E-state index contributed by atoms with van der Waals surface area (Å²) in [6, 6.07) is 83.5. The molecule has 2 aromatic heterocycles. The highest BCUT2D eigenvalue weighted by Gasteiger charge is 2.54. The van der Waals surface area contributed by atoms with Crippen molar-refractivity contribution in [3.05, 3.63) is 338 Å². The van der Waals surface area contributed by atoms with Gasteiger partial charge in [-0.3, -0.25) is 48.5 Å². The lowest BCUT2D eigenvalue weighted by Gasteiger charge is -2.34. The number of amides is 5. The van der Waals surface area contributed by atoms with E-state index in [1.165, 1.54) is 33.3 Å². The Morgan fingerprint density at radius 1 is 0.533 bits per heavy atom. The van der Waals surface area contributed by atoms with Crippen LogP contribution in [-0.4, -0.2) is 181 Å². The molecule has 2 atom stereocenters. The summed E-state index contributed by atoms with van der Waals surface area (Å²) >= 11 is 9.20. The Bertz CT molecular complexity index is 6270. The van der Waals surface area contributed by atoms with Gasteiger partial charge >= 0.3 is 0 Å². The molecule has 6 aliphatic heterocycles. The predicted octanol–water partition coefficient (Wildman–Crippen LogP) is 15.3. The number of benzene rings is 9. The largest absolute Gasteiger partial charge is 0.497 e. The van der Waals surface area contributed by atoms with Crippen LogP contribution in [0.5, 0.6) is 5.75 Å². The molecule has 6 aliphatic rings. The monoisotopic (exact) mass is 1890 g/mol. The van der Waals surface area contributed by atoms with Crippen LogP contribution >= 0.6 is 34.3 Å². The number of nitrogens with zero attached hydrogens (tertiary/aromatic N) is 13. The van der Waals surface area contributed by atoms with Crippen LogP contribution in [0.3, 0.4) is 0 Å². The van der Waals surface area contributed by atoms with Crippen LogP contribution < -0.4 is 33.4 Å². The number of piperidine rings is 1. The number of aryl methyl sites for hydroxylation is 1. The molecule has 31 heteroatoms. The summed E-state index contributed by atoms with van der Waals surface area (Å²) in [5, 5.41) is 11.6. The van der Waals surface area contributed by atoms with E-state index in [1.807, 2.05) is 269 Å². The van der Waals surface area contributed by atoms with Gasteiger partial charge in [-0.15, -0.1) is 22.7 Å². The SMILES string of the molecule is CCCCS(=O)(=O)N1CCC(CN2C(=O)C(c3ccccc3)(c3ccccc3)N=C2N)CC1.CCN(CC)CCN1C(=O)C(c2ccccc2)(c2ccccc2)N=C1N.CN1C(=O)C[C@@](C)(c2csc(-c3ccc(F)c(C#N)c3)c2)N=C1N.COc1cccc(CCN2C(=O)C(c3ccccc3)(c3ccccc3)N=C2N)c1.Cc1cc([C@]2(C)CC(=O)N(C)C(N)=N2)sc1-c1cccc(Cl)c1. The summed E-state index contributed by atoms with van der Waals surface area (Å²) in [5.74, 6) is 1.34. The lowest BCUT2D eigenvalue weighted by molar-refractivity contribution is -0.131. The van der Waals surface area contributed by atoms with Gasteiger partial charge < -0.3 is 38.3 Å². The number of ether oxygens (including phenoxy) is 1. The Labute approximate surface area is 802 Å². The molecule has 17 rings (SSSR count). The lowest BCUT2D eigenvalue weighted by atomic mass is 9.82. The number of nitrogens with two attached hydrogens (primary N) is 5. The molecule has 11 aromatic rings. The number of likely N-dealkylation sites (N-methyl/N-ethyl adjacent to an activating group) is 1. The molecule has 1 saturated heterocycles. The minimum atomic E-state index is -3.20. The number of unbranched alkanes of at least 4 members (excludes halogenated alkanes) is 1. The molecule has 1 fully saturated rings. The van der Waals surface area contributed by atoms with E-state index in [0.29, 0.717) is 69.9 Å². The zero-order valence-electron chi connectivity index (χ0n) is 77.2. The number of hydrogen-bond acceptors (Lipinski definition) is 22. The number of guanidine groups is 5. The van der Waals surface area contributed by atoms with Crippen molar-refractivity contribution in [3.63, 3.8) is 0 Å². The van der Waals surface area contributed by atoms with Crippen molar-refractivity contribution < 1.29 is 41.5 Å². The molecule has 135 heavy (non-hydrogen) atoms. The van der Waals surface area contributed by atoms with Crippen LogP contribution in [0.4, 0.5) is 4.39 Å². The van der Waals surface area contributed by atoms with Crippen LogP contribution in [0.1, 0.15) is 134 Å². The highest BCUT2D eigenvalue weighted by molar-refractivity contribution is 7.89. The average molecular weight is 1890 g/mol. The quantitative estimate of drug-likeness (QED) is 0.0355. The molecule has 0 aliphatic carbocycles. The summed E-state index contributed by atoms with van der Waals surface area (Å²) in [6.45, 7) is 17.2. The molecule has 9 aromatic carbocycles. The zero-order valence-corrected chi connectivity index (χ0v) is 80.4. The van der Waals surface area contributed by atoms with Crippen LogP contribution in [-0.2, 0) is 68.1 Å². The summed E-state index contributed by atoms with van der Waals surface area (Å²) in [6.07, 6.45) is 4.14. The van der Waals surface area contributed by atoms with Gasteiger partial charge in [-0.1, -0.05) is 251 Å². The zero-order chi connectivity index (χ0) is 96.6. The molecule has 10 N–H and O–H groups in total. The van der Waals surface area contributed by atoms with Crippen molar-refractivity contribution in [3.8, 4) is 32.7 Å². The first-order valence-corrected chi connectivity index (χ1v) is 48.6. The van der Waals surface area contributed by atoms with E-state index in [4.69, 9.17) is 65.2 Å². The second-order valence-electron chi connectivity index (χ2n) is 34.1. The Kier molecular flexibility index (Phi) is 31.7. The standard InChI is InChI=1S/C25H32N4O3S.C24H23N3O2.C21H26N4O.C17H18ClN3OS.C17H15FN4OS/c1-2-3-18-33(31,32)28-16-14-20(15-17-28)19-29-23(30)25(27-24(29)26,21-10-6-4-7-11-21)22-12-8-5-9-13-22;1-29-21-14-8-9-18(17-21)15-16-27-22(28)24(26-23(27)25,19-10-4-2-5-11-19)20-12-6-3-7-13-20;1-3-24(4-2)15-16-25-19(26)21(23-20(25)22,17-11-7-5-8-12-17)18-13-9-6-10-14-18;1-10-7-13(17(2)9-14(22)21(3)16(19)20-17)23-15(10)11-5-4-6-12(18)8-11;1-17(7-15(23)22(2)16(20)21-17)12-6-14(24-9-12)10-3-4-13(18)11(5-10)8-19/h4-13,20H,2-3,14-19H2,1H3,(H2,26,27);2-14,17H,15-16H2,1H3,(H2,25,26);5-14H,3-4,15-16H2,1-2H3,(H2,22,23);4-8H,9H2,1-3H3,(H2,19,20);3-6,9H,7H2,1-2H3,(H2,20,21)/t;;;2*17-/m...00/s1. The van der Waals surface area contributed by atoms with E-state index in [2.05, 4.69) is 41.7 Å². The highest BCUT2D eigenvalue weighted by atomic mass is 35.5. The van der Waals surface area contributed by atoms with Gasteiger partial charge in [0.1, 0.15) is 23.2 Å². The molecule has 0 bridgehead atoms. The van der Waals surface area contributed by atoms with E-state index in [1.54, 1.807) is 57.6 Å². The smallest absolute Gasteiger partial charge is 0.266 e. The third-order valence-electron chi connectivity index (χ3n) is 25.2. The summed E-state index contributed by atoms with van der Waals surface area (Å²) in [5.41, 5.74) is 35.6. The molecule has 8 heterocycles. The van der Waals surface area contributed by atoms with E-state index in [9.17, 15) is 36.8 Å². The summed E-state index contributed by atoms with van der Waals surface area (Å²) in [7, 11) is 1.69. The number of carbonyl (C=O) groups is 5. The molecule has 700 valence electrons. The number of halogens is 2. The minimum absolute atomic E-state index is 0.00500. The van der Waals surface area contributed by atoms with Crippen molar-refractivity contribution >= 4 is 104 Å². The average Bonchev–Trinajstić information content (AvgIpc) is 1.57. The Morgan fingerprint density at radius 3 is 1.44 bits per heavy atom. The second kappa shape index (κ2) is 43.2. The number of thiophene rings is 2. The second-order valence-corrected chi connectivity index (χ2v) is 38.6. The first kappa shape index (κ1) is 99.0. The van der Waals surface area contributed by atoms with Gasteiger partial charge in [0.25, 0.3) is 17.7 Å². The Morgan fingerprint density at radius 2 is 0.985 bits per heavy atom. The van der Waals surface area contributed by atoms with Crippen LogP contribution in [0.15, 0.2) is 291 Å². The number of carbonyl (C=O) groups excluding carboxylic acids is 5. The van der Waals surface area contributed by atoms with Crippen LogP contribution in [0.25, 0.3) is 20.9 Å². The van der Waals surface area contributed by atoms with Gasteiger partial charge in [-0.25, -0.2) is 42.1 Å². The van der Waals surface area contributed by atoms with E-state index < -0.39 is 43.5 Å². The first-order chi connectivity index (χ1) is 64.8. The number of rotatable bonds is 25. The maximum atomic E-state index is 13.9. The summed E-state index contributed by atoms with van der Waals surface area (Å²) < 4.78 is 45.4. The van der Waals surface area contributed by atoms with Gasteiger partial charge in [0, 0.05) is 73.0 Å². The van der Waals surface area contributed by atoms with Gasteiger partial charge in [-0.05, 0) is 181 Å². The topological polar surface area (TPSA) is 367 Å². The first-order valence-electron chi connectivity index (χ1n) is 44.9. The van der Waals surface area contributed by atoms with Gasteiger partial charge in [0.15, 0.2) is 46.4 Å². The molecule has 26 nitrogen and oxygen atoms in total. The van der Waals surface area contributed by atoms with E-state index >= 15 is 0 Å². The Balaban J connectivity index is 0.000000144. The highest BCUT2D eigenvalue weighted by Crippen LogP contribution is 2.47. The lowest BCUT2D eigenvalue weighted by Crippen LogP contribution is -2.48. The van der Waals surface area contributed by atoms with Crippen molar-refractivity contribution in [1.29, 1.82) is 5.26 Å². The summed E-state index contributed by atoms with van der Waals surface area (Å²) in [4.78, 5) is 101. The number of hydrogen-bond donors (Lipinski definition) is 5. The number of aliphatic imine (C=N–C) groups is 5. The van der Waals surface area contributed by atoms with E-state index in [0.717, 1.165) is 108 Å². The molecule has 0 radical (unpaired) electrons. The van der Waals surface area contributed by atoms with Crippen molar-refractivity contribution in [2.24, 2.45) is 59.5 Å². The fourth-order valence-electron chi connectivity index (χ4n) is 17.3. The molecule has 0 saturated carbocycles. The number of nitriles is 1. The van der Waals surface area contributed by atoms with Crippen LogP contribution in [0, 0.1) is 30.0 Å². The van der Waals surface area contributed by atoms with E-state index in [-0.39, 0.29) is 83.0 Å². The Hall–Kier alpha value is -13.5. The predicted molar refractivity (Wildman–Crippen MR) is 535 cm³/mol. The maximum Gasteiger partial charge on any atom is 0.266 e. The van der Waals surface area contributed by atoms with Crippen molar-refractivity contribution in [2.45, 2.75) is 114 Å². The van der Waals surface area contributed by atoms with Crippen molar-refractivity contribution in [1.82, 2.24) is 33.7 Å². The van der Waals surface area contributed by atoms with Crippen LogP contribution in [0.2, 0.25) is 5.02 Å².